The zero-order valence-corrected chi connectivity index (χ0v) is 17.8. The molecule has 2 atom stereocenters. The summed E-state index contributed by atoms with van der Waals surface area (Å²) in [5.74, 6) is -0.742. The van der Waals surface area contributed by atoms with Gasteiger partial charge in [-0.05, 0) is 44.0 Å². The van der Waals surface area contributed by atoms with Crippen LogP contribution in [0.4, 0.5) is 4.79 Å². The molecule has 1 aliphatic heterocycles. The third kappa shape index (κ3) is 4.92. The molecule has 1 fully saturated rings. The Hall–Kier alpha value is -1.91. The zero-order valence-electron chi connectivity index (χ0n) is 16.2. The minimum atomic E-state index is -4.01. The third-order valence-corrected chi connectivity index (χ3v) is 8.27. The van der Waals surface area contributed by atoms with Gasteiger partial charge in [-0.15, -0.1) is 6.58 Å². The molecule has 10 heteroatoms. The molecular formula is C18H26N2O6S2. The maximum atomic E-state index is 13.3. The first-order valence-electron chi connectivity index (χ1n) is 8.85. The van der Waals surface area contributed by atoms with Gasteiger partial charge < -0.3 is 10.1 Å². The van der Waals surface area contributed by atoms with E-state index in [1.54, 1.807) is 26.0 Å². The fraction of sp³-hybridized carbons (Fsp3) is 0.500. The van der Waals surface area contributed by atoms with Crippen LogP contribution < -0.4 is 5.32 Å². The second kappa shape index (κ2) is 8.62. The second-order valence-electron chi connectivity index (χ2n) is 6.73. The van der Waals surface area contributed by atoms with Crippen molar-refractivity contribution in [1.82, 2.24) is 9.62 Å². The van der Waals surface area contributed by atoms with Gasteiger partial charge in [-0.3, -0.25) is 0 Å². The molecule has 1 N–H and O–H groups in total. The van der Waals surface area contributed by atoms with Crippen LogP contribution in [-0.4, -0.2) is 64.0 Å². The number of carbonyl (C=O) groups is 1. The molecule has 0 aliphatic carbocycles. The number of hydrogen-bond acceptors (Lipinski definition) is 6. The summed E-state index contributed by atoms with van der Waals surface area (Å²) < 4.78 is 56.9. The predicted octanol–water partition coefficient (Wildman–Crippen LogP) is 1.39. The maximum absolute atomic E-state index is 13.3. The van der Waals surface area contributed by atoms with Crippen LogP contribution in [0, 0.1) is 13.8 Å². The Bertz CT molecular complexity index is 956. The van der Waals surface area contributed by atoms with Crippen LogP contribution >= 0.6 is 0 Å². The number of alkyl carbamates (subject to hydrolysis) is 1. The lowest BCUT2D eigenvalue weighted by atomic mass is 10.1. The molecule has 1 aliphatic rings. The number of nitrogens with zero attached hydrogens (tertiary/aromatic N) is 1. The summed E-state index contributed by atoms with van der Waals surface area (Å²) >= 11 is 0. The van der Waals surface area contributed by atoms with Crippen molar-refractivity contribution in [3.63, 3.8) is 0 Å². The van der Waals surface area contributed by atoms with E-state index in [9.17, 15) is 21.6 Å². The van der Waals surface area contributed by atoms with Gasteiger partial charge in [0.25, 0.3) is 0 Å². The number of amides is 1. The first-order chi connectivity index (χ1) is 13.0. The quantitative estimate of drug-likeness (QED) is 0.655. The molecule has 0 saturated carbocycles. The topological polar surface area (TPSA) is 110 Å². The third-order valence-electron chi connectivity index (χ3n) is 4.67. The number of sulfonamides is 1. The minimum Gasteiger partial charge on any atom is -0.450 e. The monoisotopic (exact) mass is 430 g/mol. The number of nitrogens with one attached hydrogen (secondary N) is 1. The maximum Gasteiger partial charge on any atom is 0.407 e. The molecule has 0 aromatic heterocycles. The molecule has 2 rings (SSSR count). The van der Waals surface area contributed by atoms with E-state index in [1.165, 1.54) is 12.1 Å². The van der Waals surface area contributed by atoms with E-state index in [2.05, 4.69) is 11.9 Å². The van der Waals surface area contributed by atoms with Gasteiger partial charge in [0, 0.05) is 6.54 Å². The average Bonchev–Trinajstić information content (AvgIpc) is 2.88. The molecule has 1 saturated heterocycles. The van der Waals surface area contributed by atoms with Crippen LogP contribution in [0.25, 0.3) is 0 Å². The van der Waals surface area contributed by atoms with Crippen LogP contribution in [0.1, 0.15) is 18.1 Å². The van der Waals surface area contributed by atoms with Crippen molar-refractivity contribution >= 4 is 26.0 Å². The number of carbonyl (C=O) groups excluding carboxylic acids is 1. The summed E-state index contributed by atoms with van der Waals surface area (Å²) in [5, 5.41) is 2.49. The normalized spacial score (nSPS) is 21.4. The molecule has 0 bridgehead atoms. The highest BCUT2D eigenvalue weighted by molar-refractivity contribution is 7.92. The zero-order chi connectivity index (χ0) is 21.1. The molecule has 156 valence electrons. The molecular weight excluding hydrogens is 404 g/mol. The van der Waals surface area contributed by atoms with Crippen molar-refractivity contribution in [2.75, 3.05) is 24.7 Å². The Morgan fingerprint density at radius 2 is 2.00 bits per heavy atom. The number of aryl methyl sites for hydroxylation is 2. The Balaban J connectivity index is 2.45. The van der Waals surface area contributed by atoms with E-state index in [1.807, 2.05) is 6.92 Å². The predicted molar refractivity (Wildman–Crippen MR) is 106 cm³/mol. The highest BCUT2D eigenvalue weighted by Gasteiger charge is 2.46. The highest BCUT2D eigenvalue weighted by Crippen LogP contribution is 2.26. The lowest BCUT2D eigenvalue weighted by molar-refractivity contribution is 0.145. The van der Waals surface area contributed by atoms with E-state index < -0.39 is 38.0 Å². The van der Waals surface area contributed by atoms with E-state index in [0.717, 1.165) is 15.4 Å². The van der Waals surface area contributed by atoms with E-state index in [0.29, 0.717) is 0 Å². The molecule has 28 heavy (non-hydrogen) atoms. The number of sulfone groups is 1. The Morgan fingerprint density at radius 1 is 1.32 bits per heavy atom. The lowest BCUT2D eigenvalue weighted by Gasteiger charge is -2.30. The first kappa shape index (κ1) is 22.4. The standard InChI is InChI=1S/C18H26N2O6S2/c1-5-9-20(28(24,25)15-8-7-13(3)14(4)10-15)17-12-27(22,23)11-16(17)19-18(21)26-6-2/h5,7-8,10,16-17H,1,6,9,11-12H2,2-4H3,(H,19,21)/t16-,17+/m0/s1. The van der Waals surface area contributed by atoms with Crippen molar-refractivity contribution in [3.8, 4) is 0 Å². The average molecular weight is 431 g/mol. The van der Waals surface area contributed by atoms with Crippen molar-refractivity contribution < 1.29 is 26.4 Å². The summed E-state index contributed by atoms with van der Waals surface area (Å²) in [6.07, 6.45) is 0.613. The van der Waals surface area contributed by atoms with Crippen LogP contribution in [0.15, 0.2) is 35.7 Å². The summed E-state index contributed by atoms with van der Waals surface area (Å²) in [7, 11) is -7.55. The molecule has 1 aromatic rings. The summed E-state index contributed by atoms with van der Waals surface area (Å²) in [5.41, 5.74) is 1.75. The highest BCUT2D eigenvalue weighted by atomic mass is 32.2. The first-order valence-corrected chi connectivity index (χ1v) is 12.1. The van der Waals surface area contributed by atoms with Gasteiger partial charge in [0.05, 0.1) is 35.1 Å². The smallest absolute Gasteiger partial charge is 0.407 e. The Labute approximate surface area is 166 Å². The summed E-state index contributed by atoms with van der Waals surface area (Å²) in [6.45, 7) is 8.92. The van der Waals surface area contributed by atoms with Crippen molar-refractivity contribution in [3.05, 3.63) is 42.0 Å². The van der Waals surface area contributed by atoms with Gasteiger partial charge in [0.2, 0.25) is 10.0 Å². The number of ether oxygens (including phenoxy) is 1. The molecule has 0 spiro atoms. The van der Waals surface area contributed by atoms with Gasteiger partial charge in [-0.2, -0.15) is 4.31 Å². The van der Waals surface area contributed by atoms with Crippen LogP contribution in [0.5, 0.6) is 0 Å². The summed E-state index contributed by atoms with van der Waals surface area (Å²) in [6, 6.07) is 2.88. The van der Waals surface area contributed by atoms with Gasteiger partial charge in [0.15, 0.2) is 9.84 Å². The lowest BCUT2D eigenvalue weighted by Crippen LogP contribution is -2.53. The van der Waals surface area contributed by atoms with Crippen molar-refractivity contribution in [2.24, 2.45) is 0 Å². The van der Waals surface area contributed by atoms with E-state index >= 15 is 0 Å². The fourth-order valence-corrected chi connectivity index (χ4v) is 6.86. The van der Waals surface area contributed by atoms with Crippen molar-refractivity contribution in [2.45, 2.75) is 37.8 Å². The number of hydrogen-bond donors (Lipinski definition) is 1. The van der Waals surface area contributed by atoms with Gasteiger partial charge in [-0.25, -0.2) is 21.6 Å². The molecule has 8 nitrogen and oxygen atoms in total. The van der Waals surface area contributed by atoms with Gasteiger partial charge in [0.1, 0.15) is 0 Å². The fourth-order valence-electron chi connectivity index (χ4n) is 3.12. The molecule has 1 aromatic carbocycles. The van der Waals surface area contributed by atoms with Crippen LogP contribution in [0.3, 0.4) is 0 Å². The van der Waals surface area contributed by atoms with Crippen LogP contribution in [-0.2, 0) is 24.6 Å². The molecule has 1 heterocycles. The summed E-state index contributed by atoms with van der Waals surface area (Å²) in [4.78, 5) is 11.9. The van der Waals surface area contributed by atoms with E-state index in [-0.39, 0.29) is 29.6 Å². The molecule has 1 amide bonds. The van der Waals surface area contributed by atoms with E-state index in [4.69, 9.17) is 4.74 Å². The number of rotatable bonds is 7. The Morgan fingerprint density at radius 3 is 2.57 bits per heavy atom. The number of benzene rings is 1. The SMILES string of the molecule is C=CCN([C@@H]1CS(=O)(=O)C[C@@H]1NC(=O)OCC)S(=O)(=O)c1ccc(C)c(C)c1. The van der Waals surface area contributed by atoms with Gasteiger partial charge >= 0.3 is 6.09 Å². The van der Waals surface area contributed by atoms with Gasteiger partial charge in [-0.1, -0.05) is 12.1 Å². The minimum absolute atomic E-state index is 0.0663. The second-order valence-corrected chi connectivity index (χ2v) is 10.8. The largest absolute Gasteiger partial charge is 0.450 e. The Kier molecular flexibility index (Phi) is 6.89. The molecule has 0 unspecified atom stereocenters. The van der Waals surface area contributed by atoms with Crippen molar-refractivity contribution in [1.29, 1.82) is 0 Å². The molecule has 0 radical (unpaired) electrons. The van der Waals surface area contributed by atoms with Crippen LogP contribution in [0.2, 0.25) is 0 Å².